The lowest BCUT2D eigenvalue weighted by Gasteiger charge is -2.31. The third kappa shape index (κ3) is 5.94. The Morgan fingerprint density at radius 2 is 1.57 bits per heavy atom. The van der Waals surface area contributed by atoms with Gasteiger partial charge in [0.15, 0.2) is 5.82 Å². The van der Waals surface area contributed by atoms with E-state index in [2.05, 4.69) is 6.92 Å². The molecule has 188 valence electrons. The number of alkyl halides is 3. The molecule has 4 rings (SSSR count). The van der Waals surface area contributed by atoms with Gasteiger partial charge >= 0.3 is 12.1 Å². The Morgan fingerprint density at radius 1 is 0.914 bits per heavy atom. The van der Waals surface area contributed by atoms with Crippen molar-refractivity contribution < 1.29 is 35.9 Å². The highest BCUT2D eigenvalue weighted by Crippen LogP contribution is 2.39. The maximum Gasteiger partial charge on any atom is 0.458 e. The molecule has 2 aromatic carbocycles. The fourth-order valence-corrected chi connectivity index (χ4v) is 5.19. The monoisotopic (exact) mass is 496 g/mol. The summed E-state index contributed by atoms with van der Waals surface area (Å²) in [6.45, 7) is 2.19. The second-order valence-corrected chi connectivity index (χ2v) is 9.76. The third-order valence-corrected chi connectivity index (χ3v) is 7.21. The summed E-state index contributed by atoms with van der Waals surface area (Å²) in [5.74, 6) is -1.34. The van der Waals surface area contributed by atoms with Crippen LogP contribution in [0.15, 0.2) is 18.2 Å². The summed E-state index contributed by atoms with van der Waals surface area (Å²) in [6.07, 6.45) is 1.23. The van der Waals surface area contributed by atoms with E-state index in [0.29, 0.717) is 37.2 Å². The van der Waals surface area contributed by atoms with Crippen LogP contribution in [0.2, 0.25) is 0 Å². The molecule has 2 fully saturated rings. The van der Waals surface area contributed by atoms with Crippen LogP contribution < -0.4 is 0 Å². The smallest absolute Gasteiger partial charge is 0.458 e. The zero-order valence-electron chi connectivity index (χ0n) is 19.3. The van der Waals surface area contributed by atoms with Crippen molar-refractivity contribution in [2.45, 2.75) is 76.5 Å². The molecule has 35 heavy (non-hydrogen) atoms. The molecule has 0 radical (unpaired) electrons. The van der Waals surface area contributed by atoms with Crippen LogP contribution in [-0.2, 0) is 9.53 Å². The van der Waals surface area contributed by atoms with Crippen LogP contribution in [0.3, 0.4) is 0 Å². The van der Waals surface area contributed by atoms with Crippen molar-refractivity contribution in [2.75, 3.05) is 0 Å². The predicted octanol–water partition coefficient (Wildman–Crippen LogP) is 7.57. The molecule has 0 aliphatic heterocycles. The van der Waals surface area contributed by atoms with E-state index in [-0.39, 0.29) is 29.3 Å². The SMILES string of the molecule is CC1CCC(OC(=O)C2CCC(c3cc(F)c4c(F)c(C#CC(F)(F)F)c(F)cc4c3)CC2)CC1. The van der Waals surface area contributed by atoms with Gasteiger partial charge in [-0.2, -0.15) is 13.2 Å². The Kier molecular flexibility index (Phi) is 7.35. The average molecular weight is 496 g/mol. The minimum absolute atomic E-state index is 0.0264. The molecule has 0 heterocycles. The van der Waals surface area contributed by atoms with Gasteiger partial charge in [0.1, 0.15) is 17.7 Å². The summed E-state index contributed by atoms with van der Waals surface area (Å²) < 4.78 is 86.6. The van der Waals surface area contributed by atoms with Gasteiger partial charge in [-0.15, -0.1) is 0 Å². The maximum absolute atomic E-state index is 14.8. The van der Waals surface area contributed by atoms with E-state index in [0.717, 1.165) is 43.7 Å². The molecular formula is C27H26F6O2. The molecule has 2 aliphatic carbocycles. The van der Waals surface area contributed by atoms with Crippen LogP contribution in [0, 0.1) is 41.1 Å². The highest BCUT2D eigenvalue weighted by atomic mass is 19.4. The average Bonchev–Trinajstić information content (AvgIpc) is 2.79. The van der Waals surface area contributed by atoms with Crippen LogP contribution in [0.25, 0.3) is 10.8 Å². The zero-order chi connectivity index (χ0) is 25.3. The van der Waals surface area contributed by atoms with Crippen molar-refractivity contribution in [3.63, 3.8) is 0 Å². The minimum Gasteiger partial charge on any atom is -0.462 e. The van der Waals surface area contributed by atoms with Gasteiger partial charge in [0.25, 0.3) is 0 Å². The highest BCUT2D eigenvalue weighted by Gasteiger charge is 2.31. The molecule has 2 saturated carbocycles. The number of fused-ring (bicyclic) bond motifs is 1. The van der Waals surface area contributed by atoms with Crippen LogP contribution in [0.1, 0.15) is 75.3 Å². The van der Waals surface area contributed by atoms with Gasteiger partial charge in [0.05, 0.1) is 16.9 Å². The first-order valence-corrected chi connectivity index (χ1v) is 11.9. The zero-order valence-corrected chi connectivity index (χ0v) is 19.3. The molecule has 0 aromatic heterocycles. The van der Waals surface area contributed by atoms with Gasteiger partial charge in [0.2, 0.25) is 0 Å². The number of hydrogen-bond donors (Lipinski definition) is 0. The molecule has 8 heteroatoms. The van der Waals surface area contributed by atoms with E-state index in [1.165, 1.54) is 12.0 Å². The Labute approximate surface area is 200 Å². The van der Waals surface area contributed by atoms with Crippen LogP contribution in [-0.4, -0.2) is 18.2 Å². The molecule has 2 aromatic rings. The van der Waals surface area contributed by atoms with E-state index in [1.54, 1.807) is 0 Å². The molecule has 0 saturated heterocycles. The van der Waals surface area contributed by atoms with Crippen molar-refractivity contribution in [3.05, 3.63) is 46.8 Å². The van der Waals surface area contributed by atoms with Crippen molar-refractivity contribution in [1.29, 1.82) is 0 Å². The molecule has 2 aliphatic rings. The van der Waals surface area contributed by atoms with Gasteiger partial charge in [0, 0.05) is 5.92 Å². The Balaban J connectivity index is 1.47. The summed E-state index contributed by atoms with van der Waals surface area (Å²) in [6, 6.07) is 3.40. The molecule has 0 atom stereocenters. The molecule has 0 unspecified atom stereocenters. The fraction of sp³-hybridized carbons (Fsp3) is 0.519. The van der Waals surface area contributed by atoms with Crippen molar-refractivity contribution in [1.82, 2.24) is 0 Å². The van der Waals surface area contributed by atoms with Crippen molar-refractivity contribution in [2.24, 2.45) is 11.8 Å². The summed E-state index contributed by atoms with van der Waals surface area (Å²) in [5, 5.41) is -0.679. The van der Waals surface area contributed by atoms with Gasteiger partial charge in [-0.1, -0.05) is 18.9 Å². The van der Waals surface area contributed by atoms with Gasteiger partial charge < -0.3 is 4.74 Å². The largest absolute Gasteiger partial charge is 0.462 e. The second kappa shape index (κ2) is 10.1. The second-order valence-electron chi connectivity index (χ2n) is 9.76. The molecule has 2 nitrogen and oxygen atoms in total. The lowest BCUT2D eigenvalue weighted by molar-refractivity contribution is -0.157. The number of rotatable bonds is 3. The molecule has 0 bridgehead atoms. The van der Waals surface area contributed by atoms with Crippen LogP contribution in [0.5, 0.6) is 0 Å². The quantitative estimate of drug-likeness (QED) is 0.249. The lowest BCUT2D eigenvalue weighted by atomic mass is 9.78. The molecule has 0 amide bonds. The summed E-state index contributed by atoms with van der Waals surface area (Å²) in [7, 11) is 0. The first-order valence-electron chi connectivity index (χ1n) is 11.9. The Bertz CT molecular complexity index is 1160. The Hall–Kier alpha value is -2.69. The number of halogens is 6. The van der Waals surface area contributed by atoms with Gasteiger partial charge in [-0.25, -0.2) is 13.2 Å². The summed E-state index contributed by atoms with van der Waals surface area (Å²) >= 11 is 0. The molecule has 0 spiro atoms. The van der Waals surface area contributed by atoms with Crippen LogP contribution >= 0.6 is 0 Å². The number of benzene rings is 2. The van der Waals surface area contributed by atoms with E-state index in [1.807, 2.05) is 0 Å². The number of ether oxygens (including phenoxy) is 1. The van der Waals surface area contributed by atoms with Crippen LogP contribution in [0.4, 0.5) is 26.3 Å². The van der Waals surface area contributed by atoms with E-state index in [4.69, 9.17) is 4.74 Å². The number of hydrogen-bond acceptors (Lipinski definition) is 2. The molecular weight excluding hydrogens is 470 g/mol. The topological polar surface area (TPSA) is 26.3 Å². The normalized spacial score (nSPS) is 25.1. The van der Waals surface area contributed by atoms with Crippen molar-refractivity contribution in [3.8, 4) is 11.8 Å². The van der Waals surface area contributed by atoms with E-state index in [9.17, 15) is 31.1 Å². The third-order valence-electron chi connectivity index (χ3n) is 7.21. The number of esters is 1. The Morgan fingerprint density at radius 3 is 2.20 bits per heavy atom. The lowest BCUT2D eigenvalue weighted by Crippen LogP contribution is -2.29. The van der Waals surface area contributed by atoms with E-state index >= 15 is 0 Å². The van der Waals surface area contributed by atoms with Crippen molar-refractivity contribution >= 4 is 16.7 Å². The fourth-order valence-electron chi connectivity index (χ4n) is 5.19. The van der Waals surface area contributed by atoms with E-state index < -0.39 is 34.6 Å². The standard InChI is InChI=1S/C27H26F6O2/c1-15-2-8-20(9-3-15)35-26(34)17-6-4-16(5-7-17)18-12-19-14-22(28)21(10-11-27(31,32)33)25(30)24(19)23(29)13-18/h12-17,20H,2-9H2,1H3. The highest BCUT2D eigenvalue weighted by molar-refractivity contribution is 5.86. The summed E-state index contributed by atoms with van der Waals surface area (Å²) in [4.78, 5) is 12.6. The first kappa shape index (κ1) is 25.4. The first-order chi connectivity index (χ1) is 16.5. The van der Waals surface area contributed by atoms with Gasteiger partial charge in [-0.3, -0.25) is 4.79 Å². The number of carbonyl (C=O) groups excluding carboxylic acids is 1. The number of carbonyl (C=O) groups is 1. The molecule has 0 N–H and O–H groups in total. The maximum atomic E-state index is 14.8. The predicted molar refractivity (Wildman–Crippen MR) is 119 cm³/mol. The summed E-state index contributed by atoms with van der Waals surface area (Å²) in [5.41, 5.74) is -0.580. The van der Waals surface area contributed by atoms with Gasteiger partial charge in [-0.05, 0) is 86.3 Å². The minimum atomic E-state index is -4.93.